The van der Waals surface area contributed by atoms with Gasteiger partial charge in [0, 0.05) is 23.6 Å². The smallest absolute Gasteiger partial charge is 0.411 e. The van der Waals surface area contributed by atoms with E-state index < -0.39 is 29.8 Å². The molecule has 1 aromatic rings. The Kier molecular flexibility index (Phi) is 6.49. The van der Waals surface area contributed by atoms with Crippen molar-refractivity contribution in [2.75, 3.05) is 37.8 Å². The Morgan fingerprint density at radius 3 is 2.67 bits per heavy atom. The van der Waals surface area contributed by atoms with Gasteiger partial charge in [-0.15, -0.1) is 0 Å². The summed E-state index contributed by atoms with van der Waals surface area (Å²) in [5.74, 6) is -0.702. The predicted octanol–water partition coefficient (Wildman–Crippen LogP) is 2.68. The van der Waals surface area contributed by atoms with E-state index >= 15 is 0 Å². The molecule has 3 fully saturated rings. The number of carbonyl (C=O) groups is 2. The Labute approximate surface area is 201 Å². The zero-order chi connectivity index (χ0) is 24.0. The highest BCUT2D eigenvalue weighted by atomic mass is 79.9. The third kappa shape index (κ3) is 4.90. The van der Waals surface area contributed by atoms with Crippen LogP contribution in [0.15, 0.2) is 16.7 Å². The molecule has 1 unspecified atom stereocenters. The summed E-state index contributed by atoms with van der Waals surface area (Å²) >= 11 is 3.49. The fraction of sp³-hybridized carbons (Fsp3) is 0.682. The first-order valence-electron chi connectivity index (χ1n) is 11.0. The van der Waals surface area contributed by atoms with Crippen molar-refractivity contribution in [1.82, 2.24) is 9.88 Å². The maximum Gasteiger partial charge on any atom is 0.411 e. The van der Waals surface area contributed by atoms with E-state index in [0.717, 1.165) is 10.2 Å². The summed E-state index contributed by atoms with van der Waals surface area (Å²) in [6.07, 6.45) is 0.575. The average molecular weight is 528 g/mol. The van der Waals surface area contributed by atoms with E-state index in [1.54, 1.807) is 27.0 Å². The number of pyridine rings is 1. The molecule has 0 radical (unpaired) electrons. The van der Waals surface area contributed by atoms with Gasteiger partial charge in [0.1, 0.15) is 29.0 Å². The topological polar surface area (TPSA) is 111 Å². The molecule has 3 atom stereocenters. The van der Waals surface area contributed by atoms with Crippen LogP contribution in [0.25, 0.3) is 0 Å². The summed E-state index contributed by atoms with van der Waals surface area (Å²) in [5.41, 5.74) is -0.297. The number of halogens is 1. The second-order valence-corrected chi connectivity index (χ2v) is 10.6. The first-order valence-corrected chi connectivity index (χ1v) is 11.8. The highest BCUT2D eigenvalue weighted by Crippen LogP contribution is 2.39. The van der Waals surface area contributed by atoms with Crippen LogP contribution in [-0.4, -0.2) is 89.4 Å². The van der Waals surface area contributed by atoms with Crippen LogP contribution in [0.2, 0.25) is 0 Å². The third-order valence-electron chi connectivity index (χ3n) is 6.21. The van der Waals surface area contributed by atoms with Crippen molar-refractivity contribution in [2.45, 2.75) is 63.5 Å². The number of anilines is 1. The lowest BCUT2D eigenvalue weighted by Crippen LogP contribution is -2.68. The van der Waals surface area contributed by atoms with Crippen LogP contribution < -0.4 is 9.64 Å². The first kappa shape index (κ1) is 24.0. The monoisotopic (exact) mass is 527 g/mol. The molecule has 10 nitrogen and oxygen atoms in total. The molecule has 1 spiro atoms. The minimum Gasteiger partial charge on any atom is -0.480 e. The third-order valence-corrected chi connectivity index (χ3v) is 6.64. The van der Waals surface area contributed by atoms with Crippen molar-refractivity contribution in [3.63, 3.8) is 0 Å². The van der Waals surface area contributed by atoms with Gasteiger partial charge < -0.3 is 29.0 Å². The molecule has 4 heterocycles. The molecule has 1 aromatic heterocycles. The largest absolute Gasteiger partial charge is 0.480 e. The molecule has 0 bridgehead atoms. The molecule has 4 rings (SSSR count). The number of nitrogens with zero attached hydrogens (tertiary/aromatic N) is 3. The number of carboxylic acid groups (broad SMARTS) is 1. The summed E-state index contributed by atoms with van der Waals surface area (Å²) in [7, 11) is 0. The fourth-order valence-corrected chi connectivity index (χ4v) is 4.73. The Balaban J connectivity index is 1.54. The number of ether oxygens (including phenoxy) is 4. The van der Waals surface area contributed by atoms with E-state index in [1.807, 2.05) is 6.07 Å². The number of aromatic nitrogens is 1. The van der Waals surface area contributed by atoms with E-state index in [1.165, 1.54) is 4.90 Å². The van der Waals surface area contributed by atoms with Crippen LogP contribution in [0.5, 0.6) is 5.88 Å². The van der Waals surface area contributed by atoms with Gasteiger partial charge in [-0.05, 0) is 49.7 Å². The number of amides is 1. The first-order chi connectivity index (χ1) is 15.5. The molecule has 1 amide bonds. The second kappa shape index (κ2) is 8.92. The highest BCUT2D eigenvalue weighted by molar-refractivity contribution is 9.10. The summed E-state index contributed by atoms with van der Waals surface area (Å²) < 4.78 is 23.9. The summed E-state index contributed by atoms with van der Waals surface area (Å²) in [6, 6.07) is 0.945. The van der Waals surface area contributed by atoms with Crippen LogP contribution in [0.4, 0.5) is 10.5 Å². The zero-order valence-electron chi connectivity index (χ0n) is 19.2. The molecule has 0 aromatic carbocycles. The van der Waals surface area contributed by atoms with Crippen LogP contribution in [-0.2, 0) is 19.0 Å². The average Bonchev–Trinajstić information content (AvgIpc) is 3.12. The summed E-state index contributed by atoms with van der Waals surface area (Å²) in [4.78, 5) is 32.3. The van der Waals surface area contributed by atoms with E-state index in [2.05, 4.69) is 32.7 Å². The normalized spacial score (nSPS) is 26.8. The maximum atomic E-state index is 12.6. The number of morpholine rings is 1. The van der Waals surface area contributed by atoms with Gasteiger partial charge in [-0.1, -0.05) is 0 Å². The van der Waals surface area contributed by atoms with Crippen molar-refractivity contribution in [3.8, 4) is 5.88 Å². The maximum absolute atomic E-state index is 12.6. The molecular formula is C22H30BrN3O7. The Morgan fingerprint density at radius 2 is 2.06 bits per heavy atom. The zero-order valence-corrected chi connectivity index (χ0v) is 20.8. The summed E-state index contributed by atoms with van der Waals surface area (Å²) in [5, 5.41) is 9.67. The lowest BCUT2D eigenvalue weighted by atomic mass is 9.90. The summed E-state index contributed by atoms with van der Waals surface area (Å²) in [6.45, 7) is 9.70. The number of hydrogen-bond donors (Lipinski definition) is 1. The van der Waals surface area contributed by atoms with E-state index in [4.69, 9.17) is 18.9 Å². The molecule has 33 heavy (non-hydrogen) atoms. The van der Waals surface area contributed by atoms with Gasteiger partial charge in [0.2, 0.25) is 5.88 Å². The molecule has 3 aliphatic rings. The number of hydrogen-bond acceptors (Lipinski definition) is 8. The van der Waals surface area contributed by atoms with Gasteiger partial charge in [0.05, 0.1) is 32.4 Å². The van der Waals surface area contributed by atoms with Crippen LogP contribution in [0.3, 0.4) is 0 Å². The van der Waals surface area contributed by atoms with Gasteiger partial charge in [0.15, 0.2) is 0 Å². The van der Waals surface area contributed by atoms with E-state index in [9.17, 15) is 14.7 Å². The molecular weight excluding hydrogens is 498 g/mol. The van der Waals surface area contributed by atoms with Gasteiger partial charge >= 0.3 is 12.1 Å². The number of likely N-dealkylation sites (tertiary alicyclic amines) is 1. The Morgan fingerprint density at radius 1 is 1.33 bits per heavy atom. The van der Waals surface area contributed by atoms with Crippen LogP contribution in [0, 0.1) is 0 Å². The number of rotatable bonds is 4. The Bertz CT molecular complexity index is 918. The molecule has 11 heteroatoms. The van der Waals surface area contributed by atoms with Crippen molar-refractivity contribution < 1.29 is 33.6 Å². The number of aliphatic carboxylic acids is 1. The highest BCUT2D eigenvalue weighted by Gasteiger charge is 2.50. The van der Waals surface area contributed by atoms with E-state index in [0.29, 0.717) is 32.2 Å². The molecule has 1 N–H and O–H groups in total. The predicted molar refractivity (Wildman–Crippen MR) is 122 cm³/mol. The van der Waals surface area contributed by atoms with Gasteiger partial charge in [-0.2, -0.15) is 0 Å². The minimum atomic E-state index is -1.09. The quantitative estimate of drug-likeness (QED) is 0.631. The molecule has 182 valence electrons. The van der Waals surface area contributed by atoms with Gasteiger partial charge in [-0.3, -0.25) is 4.90 Å². The fourth-order valence-electron chi connectivity index (χ4n) is 4.41. The number of carboxylic acids is 1. The van der Waals surface area contributed by atoms with Crippen molar-refractivity contribution in [1.29, 1.82) is 0 Å². The lowest BCUT2D eigenvalue weighted by Gasteiger charge is -2.53. The van der Waals surface area contributed by atoms with Crippen LogP contribution in [0.1, 0.15) is 34.1 Å². The van der Waals surface area contributed by atoms with Gasteiger partial charge in [0.25, 0.3) is 0 Å². The lowest BCUT2D eigenvalue weighted by molar-refractivity contribution is -0.228. The van der Waals surface area contributed by atoms with Crippen molar-refractivity contribution >= 4 is 33.7 Å². The number of carbonyl (C=O) groups excluding carboxylic acids is 1. The molecule has 0 saturated carbocycles. The van der Waals surface area contributed by atoms with Gasteiger partial charge in [-0.25, -0.2) is 14.6 Å². The van der Waals surface area contributed by atoms with Crippen LogP contribution >= 0.6 is 15.9 Å². The molecule has 0 aliphatic carbocycles. The standard InChI is InChI=1S/C22H30BrN3O7/c1-13-22(11-30-12-22)31-6-5-25(13)16-7-14(23)9-24-18(16)32-15-8-17(19(27)28)26(10-15)20(29)33-21(2,3)4/h7,9,13,15,17H,5-6,8,10-12H2,1-4H3,(H,27,28)/t13?,15-,17-/m0/s1. The minimum absolute atomic E-state index is 0.0343. The Hall–Kier alpha value is -2.11. The molecule has 3 saturated heterocycles. The van der Waals surface area contributed by atoms with Crippen molar-refractivity contribution in [2.24, 2.45) is 0 Å². The van der Waals surface area contributed by atoms with Crippen molar-refractivity contribution in [3.05, 3.63) is 16.7 Å². The SMILES string of the molecule is CC1N(c2cc(Br)cnc2O[C@H]2C[C@@H](C(=O)O)N(C(=O)OC(C)(C)C)C2)CCOC12COC2. The van der Waals surface area contributed by atoms with E-state index in [-0.39, 0.29) is 24.6 Å². The molecule has 3 aliphatic heterocycles. The second-order valence-electron chi connectivity index (χ2n) is 9.72.